The van der Waals surface area contributed by atoms with Crippen LogP contribution in [-0.2, 0) is 4.79 Å². The number of piperidine rings is 1. The van der Waals surface area contributed by atoms with Gasteiger partial charge < -0.3 is 0 Å². The van der Waals surface area contributed by atoms with Crippen molar-refractivity contribution in [2.24, 2.45) is 17.3 Å². The Morgan fingerprint density at radius 3 is 2.59 bits per heavy atom. The number of rotatable bonds is 2. The summed E-state index contributed by atoms with van der Waals surface area (Å²) in [4.78, 5) is 14.8. The number of carbonyl (C=O) groups is 1. The van der Waals surface area contributed by atoms with Crippen molar-refractivity contribution in [3.63, 3.8) is 0 Å². The molecular formula is C15H27NO. The smallest absolute Gasteiger partial charge is 0.142 e. The minimum absolute atomic E-state index is 0.0602. The van der Waals surface area contributed by atoms with Crippen LogP contribution in [0.3, 0.4) is 0 Å². The maximum atomic E-state index is 12.3. The molecule has 17 heavy (non-hydrogen) atoms. The molecule has 0 aromatic rings. The van der Waals surface area contributed by atoms with Crippen LogP contribution in [0.1, 0.15) is 53.4 Å². The number of ketones is 1. The molecule has 1 aliphatic heterocycles. The largest absolute Gasteiger partial charge is 0.300 e. The van der Waals surface area contributed by atoms with Crippen molar-refractivity contribution in [1.82, 2.24) is 4.90 Å². The second-order valence-electron chi connectivity index (χ2n) is 6.84. The fourth-order valence-electron chi connectivity index (χ4n) is 3.48. The molecule has 1 saturated heterocycles. The Hall–Kier alpha value is -0.370. The third-order valence-corrected chi connectivity index (χ3v) is 5.11. The highest BCUT2D eigenvalue weighted by Gasteiger charge is 2.41. The summed E-state index contributed by atoms with van der Waals surface area (Å²) in [6.07, 6.45) is 4.83. The van der Waals surface area contributed by atoms with Crippen LogP contribution in [0.5, 0.6) is 0 Å². The third kappa shape index (κ3) is 2.57. The van der Waals surface area contributed by atoms with E-state index in [1.165, 1.54) is 19.4 Å². The Balaban J connectivity index is 1.95. The van der Waals surface area contributed by atoms with E-state index in [9.17, 15) is 4.79 Å². The SMILES string of the molecule is CC1CCCN(CC2CCC(C)(C)C2=O)C1C. The van der Waals surface area contributed by atoms with E-state index in [0.717, 1.165) is 25.3 Å². The van der Waals surface area contributed by atoms with Crippen molar-refractivity contribution in [2.45, 2.75) is 59.4 Å². The summed E-state index contributed by atoms with van der Waals surface area (Å²) in [5.41, 5.74) is -0.0602. The van der Waals surface area contributed by atoms with Crippen LogP contribution in [-0.4, -0.2) is 29.8 Å². The van der Waals surface area contributed by atoms with Crippen molar-refractivity contribution >= 4 is 5.78 Å². The van der Waals surface area contributed by atoms with Gasteiger partial charge in [0.1, 0.15) is 5.78 Å². The van der Waals surface area contributed by atoms with Gasteiger partial charge in [-0.15, -0.1) is 0 Å². The van der Waals surface area contributed by atoms with E-state index >= 15 is 0 Å². The average molecular weight is 237 g/mol. The summed E-state index contributed by atoms with van der Waals surface area (Å²) in [7, 11) is 0. The Morgan fingerprint density at radius 2 is 2.00 bits per heavy atom. The first-order valence-corrected chi connectivity index (χ1v) is 7.20. The molecule has 1 saturated carbocycles. The van der Waals surface area contributed by atoms with E-state index < -0.39 is 0 Å². The molecule has 0 radical (unpaired) electrons. The highest BCUT2D eigenvalue weighted by molar-refractivity contribution is 5.88. The number of likely N-dealkylation sites (tertiary alicyclic amines) is 1. The molecule has 2 aliphatic rings. The summed E-state index contributed by atoms with van der Waals surface area (Å²) >= 11 is 0. The first kappa shape index (κ1) is 13.1. The second kappa shape index (κ2) is 4.72. The van der Waals surface area contributed by atoms with Crippen molar-refractivity contribution in [1.29, 1.82) is 0 Å². The second-order valence-corrected chi connectivity index (χ2v) is 6.84. The summed E-state index contributed by atoms with van der Waals surface area (Å²) < 4.78 is 0. The van der Waals surface area contributed by atoms with Crippen molar-refractivity contribution in [3.8, 4) is 0 Å². The van der Waals surface area contributed by atoms with Crippen molar-refractivity contribution in [2.75, 3.05) is 13.1 Å². The predicted octanol–water partition coefficient (Wildman–Crippen LogP) is 3.11. The molecule has 0 aromatic carbocycles. The fraction of sp³-hybridized carbons (Fsp3) is 0.933. The molecule has 0 bridgehead atoms. The molecule has 1 heterocycles. The van der Waals surface area contributed by atoms with Crippen LogP contribution in [0.25, 0.3) is 0 Å². The molecule has 0 N–H and O–H groups in total. The molecule has 3 atom stereocenters. The maximum absolute atomic E-state index is 12.3. The topological polar surface area (TPSA) is 20.3 Å². The van der Waals surface area contributed by atoms with Gasteiger partial charge in [-0.25, -0.2) is 0 Å². The molecule has 2 nitrogen and oxygen atoms in total. The van der Waals surface area contributed by atoms with Crippen LogP contribution in [0.2, 0.25) is 0 Å². The van der Waals surface area contributed by atoms with Gasteiger partial charge in [0, 0.05) is 23.9 Å². The normalized spacial score (nSPS) is 38.6. The lowest BCUT2D eigenvalue weighted by molar-refractivity contribution is -0.128. The van der Waals surface area contributed by atoms with E-state index in [1.54, 1.807) is 0 Å². The minimum Gasteiger partial charge on any atom is -0.300 e. The van der Waals surface area contributed by atoms with Gasteiger partial charge in [-0.1, -0.05) is 20.8 Å². The molecule has 2 heteroatoms. The average Bonchev–Trinajstić information content (AvgIpc) is 2.52. The number of carbonyl (C=O) groups excluding carboxylic acids is 1. The Labute approximate surface area is 106 Å². The lowest BCUT2D eigenvalue weighted by Gasteiger charge is -2.39. The summed E-state index contributed by atoms with van der Waals surface area (Å²) in [5.74, 6) is 1.59. The van der Waals surface area contributed by atoms with Gasteiger partial charge in [0.2, 0.25) is 0 Å². The monoisotopic (exact) mass is 237 g/mol. The van der Waals surface area contributed by atoms with E-state index in [4.69, 9.17) is 0 Å². The first-order chi connectivity index (χ1) is 7.92. The molecule has 3 unspecified atom stereocenters. The standard InChI is InChI=1S/C15H27NO/c1-11-6-5-9-16(12(11)2)10-13-7-8-15(3,4)14(13)17/h11-13H,5-10H2,1-4H3. The Morgan fingerprint density at radius 1 is 1.29 bits per heavy atom. The number of Topliss-reactive ketones (excluding diaryl/α,β-unsaturated/α-hetero) is 1. The molecular weight excluding hydrogens is 210 g/mol. The Bertz CT molecular complexity index is 297. The zero-order valence-corrected chi connectivity index (χ0v) is 11.8. The number of hydrogen-bond donors (Lipinski definition) is 0. The van der Waals surface area contributed by atoms with Crippen LogP contribution < -0.4 is 0 Å². The molecule has 0 spiro atoms. The van der Waals surface area contributed by atoms with E-state index in [0.29, 0.717) is 17.7 Å². The van der Waals surface area contributed by atoms with E-state index in [-0.39, 0.29) is 5.41 Å². The van der Waals surface area contributed by atoms with Crippen molar-refractivity contribution < 1.29 is 4.79 Å². The lowest BCUT2D eigenvalue weighted by Crippen LogP contribution is -2.45. The maximum Gasteiger partial charge on any atom is 0.142 e. The summed E-state index contributed by atoms with van der Waals surface area (Å²) in [5, 5.41) is 0. The first-order valence-electron chi connectivity index (χ1n) is 7.20. The molecule has 98 valence electrons. The lowest BCUT2D eigenvalue weighted by atomic mass is 9.87. The van der Waals surface area contributed by atoms with Crippen LogP contribution in [0.15, 0.2) is 0 Å². The third-order valence-electron chi connectivity index (χ3n) is 5.11. The van der Waals surface area contributed by atoms with E-state index in [1.807, 2.05) is 0 Å². The highest BCUT2D eigenvalue weighted by atomic mass is 16.1. The van der Waals surface area contributed by atoms with Gasteiger partial charge >= 0.3 is 0 Å². The summed E-state index contributed by atoms with van der Waals surface area (Å²) in [6.45, 7) is 11.1. The van der Waals surface area contributed by atoms with Gasteiger partial charge in [-0.2, -0.15) is 0 Å². The van der Waals surface area contributed by atoms with Gasteiger partial charge in [0.15, 0.2) is 0 Å². The predicted molar refractivity (Wildman–Crippen MR) is 70.9 cm³/mol. The van der Waals surface area contributed by atoms with Crippen molar-refractivity contribution in [3.05, 3.63) is 0 Å². The van der Waals surface area contributed by atoms with Crippen LogP contribution in [0.4, 0.5) is 0 Å². The van der Waals surface area contributed by atoms with E-state index in [2.05, 4.69) is 32.6 Å². The zero-order valence-electron chi connectivity index (χ0n) is 11.8. The van der Waals surface area contributed by atoms with Gasteiger partial charge in [-0.3, -0.25) is 9.69 Å². The quantitative estimate of drug-likeness (QED) is 0.735. The van der Waals surface area contributed by atoms with Gasteiger partial charge in [0.05, 0.1) is 0 Å². The fourth-order valence-corrected chi connectivity index (χ4v) is 3.48. The summed E-state index contributed by atoms with van der Waals surface area (Å²) in [6, 6.07) is 0.653. The number of nitrogens with zero attached hydrogens (tertiary/aromatic N) is 1. The van der Waals surface area contributed by atoms with Gasteiger partial charge in [-0.05, 0) is 45.1 Å². The molecule has 0 aromatic heterocycles. The van der Waals surface area contributed by atoms with Crippen LogP contribution >= 0.6 is 0 Å². The molecule has 2 rings (SSSR count). The van der Waals surface area contributed by atoms with Crippen LogP contribution in [0, 0.1) is 17.3 Å². The highest BCUT2D eigenvalue weighted by Crippen LogP contribution is 2.38. The minimum atomic E-state index is -0.0602. The molecule has 0 amide bonds. The Kier molecular flexibility index (Phi) is 3.63. The molecule has 2 fully saturated rings. The zero-order chi connectivity index (χ0) is 12.6. The number of hydrogen-bond acceptors (Lipinski definition) is 2. The van der Waals surface area contributed by atoms with Gasteiger partial charge in [0.25, 0.3) is 0 Å². The molecule has 1 aliphatic carbocycles.